The first-order chi connectivity index (χ1) is 10.1. The van der Waals surface area contributed by atoms with E-state index in [1.165, 1.54) is 0 Å². The molecule has 2 rings (SSSR count). The first-order valence-electron chi connectivity index (χ1n) is 6.99. The molecule has 1 amide bonds. The lowest BCUT2D eigenvalue weighted by Gasteiger charge is -2.11. The maximum atomic E-state index is 11.8. The second-order valence-corrected chi connectivity index (χ2v) is 5.05. The average Bonchev–Trinajstić information content (AvgIpc) is 2.91. The van der Waals surface area contributed by atoms with Crippen LogP contribution in [0.1, 0.15) is 18.3 Å². The Hall–Kier alpha value is -2.21. The molecule has 0 aliphatic heterocycles. The number of aromatic nitrogens is 3. The van der Waals surface area contributed by atoms with Crippen molar-refractivity contribution in [1.29, 1.82) is 0 Å². The number of hydrogen-bond donors (Lipinski definition) is 2. The van der Waals surface area contributed by atoms with Crippen LogP contribution < -0.4 is 10.6 Å². The summed E-state index contributed by atoms with van der Waals surface area (Å²) in [6, 6.07) is 3.89. The van der Waals surface area contributed by atoms with Crippen molar-refractivity contribution in [1.82, 2.24) is 25.2 Å². The molecule has 21 heavy (non-hydrogen) atoms. The SMILES string of the molecule is CNCC(C)C(=O)NCc1ccc(-n2ccnc2C)nc1. The molecule has 0 aliphatic carbocycles. The van der Waals surface area contributed by atoms with E-state index in [1.807, 2.05) is 43.8 Å². The van der Waals surface area contributed by atoms with Crippen LogP contribution in [0, 0.1) is 12.8 Å². The van der Waals surface area contributed by atoms with Crippen LogP contribution in [0.2, 0.25) is 0 Å². The van der Waals surface area contributed by atoms with Crippen molar-refractivity contribution in [3.05, 3.63) is 42.1 Å². The second kappa shape index (κ2) is 6.99. The predicted molar refractivity (Wildman–Crippen MR) is 81.0 cm³/mol. The molecule has 2 aromatic heterocycles. The normalized spacial score (nSPS) is 12.1. The molecule has 0 saturated heterocycles. The summed E-state index contributed by atoms with van der Waals surface area (Å²) >= 11 is 0. The highest BCUT2D eigenvalue weighted by molar-refractivity contribution is 5.78. The average molecular weight is 287 g/mol. The number of rotatable bonds is 6. The van der Waals surface area contributed by atoms with E-state index in [2.05, 4.69) is 20.6 Å². The summed E-state index contributed by atoms with van der Waals surface area (Å²) in [5.74, 6) is 1.71. The Bertz CT molecular complexity index is 590. The Morgan fingerprint density at radius 2 is 2.19 bits per heavy atom. The largest absolute Gasteiger partial charge is 0.352 e. The van der Waals surface area contributed by atoms with Gasteiger partial charge in [-0.05, 0) is 25.6 Å². The summed E-state index contributed by atoms with van der Waals surface area (Å²) in [5.41, 5.74) is 0.974. The fourth-order valence-corrected chi connectivity index (χ4v) is 2.05. The maximum absolute atomic E-state index is 11.8. The quantitative estimate of drug-likeness (QED) is 0.833. The van der Waals surface area contributed by atoms with E-state index in [4.69, 9.17) is 0 Å². The van der Waals surface area contributed by atoms with Crippen LogP contribution in [0.25, 0.3) is 5.82 Å². The van der Waals surface area contributed by atoms with E-state index in [0.29, 0.717) is 13.1 Å². The van der Waals surface area contributed by atoms with Crippen molar-refractivity contribution in [3.8, 4) is 5.82 Å². The van der Waals surface area contributed by atoms with Gasteiger partial charge in [-0.15, -0.1) is 0 Å². The molecule has 6 heteroatoms. The van der Waals surface area contributed by atoms with E-state index >= 15 is 0 Å². The van der Waals surface area contributed by atoms with E-state index in [1.54, 1.807) is 12.4 Å². The van der Waals surface area contributed by atoms with E-state index in [0.717, 1.165) is 17.2 Å². The molecule has 2 N–H and O–H groups in total. The minimum Gasteiger partial charge on any atom is -0.352 e. The molecule has 0 aromatic carbocycles. The van der Waals surface area contributed by atoms with Gasteiger partial charge in [0.1, 0.15) is 11.6 Å². The Balaban J connectivity index is 1.94. The van der Waals surface area contributed by atoms with Crippen molar-refractivity contribution in [3.63, 3.8) is 0 Å². The van der Waals surface area contributed by atoms with Crippen molar-refractivity contribution < 1.29 is 4.79 Å². The zero-order chi connectivity index (χ0) is 15.2. The summed E-state index contributed by atoms with van der Waals surface area (Å²) < 4.78 is 1.91. The summed E-state index contributed by atoms with van der Waals surface area (Å²) in [5, 5.41) is 5.90. The highest BCUT2D eigenvalue weighted by Gasteiger charge is 2.11. The Morgan fingerprint density at radius 1 is 1.38 bits per heavy atom. The van der Waals surface area contributed by atoms with E-state index in [-0.39, 0.29) is 11.8 Å². The smallest absolute Gasteiger partial charge is 0.224 e. The number of hydrogen-bond acceptors (Lipinski definition) is 4. The van der Waals surface area contributed by atoms with Gasteiger partial charge < -0.3 is 10.6 Å². The molecule has 2 heterocycles. The third kappa shape index (κ3) is 3.88. The molecule has 0 fully saturated rings. The summed E-state index contributed by atoms with van der Waals surface area (Å²) in [7, 11) is 1.84. The van der Waals surface area contributed by atoms with Crippen LogP contribution in [0.15, 0.2) is 30.7 Å². The lowest BCUT2D eigenvalue weighted by molar-refractivity contribution is -0.124. The third-order valence-electron chi connectivity index (χ3n) is 3.31. The van der Waals surface area contributed by atoms with Crippen molar-refractivity contribution in [2.75, 3.05) is 13.6 Å². The first kappa shape index (κ1) is 15.2. The lowest BCUT2D eigenvalue weighted by Crippen LogP contribution is -2.33. The maximum Gasteiger partial charge on any atom is 0.224 e. The molecule has 0 bridgehead atoms. The van der Waals surface area contributed by atoms with Crippen molar-refractivity contribution >= 4 is 5.91 Å². The number of nitrogens with one attached hydrogen (secondary N) is 2. The molecule has 2 aromatic rings. The van der Waals surface area contributed by atoms with Gasteiger partial charge in [-0.2, -0.15) is 0 Å². The summed E-state index contributed by atoms with van der Waals surface area (Å²) in [6.45, 7) is 4.99. The van der Waals surface area contributed by atoms with Crippen LogP contribution in [0.4, 0.5) is 0 Å². The standard InChI is InChI=1S/C15H21N5O/c1-11(8-16-3)15(21)19-10-13-4-5-14(18-9-13)20-7-6-17-12(20)2/h4-7,9,11,16H,8,10H2,1-3H3,(H,19,21). The number of amides is 1. The topological polar surface area (TPSA) is 71.8 Å². The minimum atomic E-state index is -0.0455. The number of pyridine rings is 1. The van der Waals surface area contributed by atoms with Gasteiger partial charge in [0, 0.05) is 37.6 Å². The lowest BCUT2D eigenvalue weighted by atomic mass is 10.1. The molecule has 0 spiro atoms. The van der Waals surface area contributed by atoms with Gasteiger partial charge >= 0.3 is 0 Å². The highest BCUT2D eigenvalue weighted by Crippen LogP contribution is 2.08. The molecule has 0 aliphatic rings. The van der Waals surface area contributed by atoms with Gasteiger partial charge in [0.15, 0.2) is 0 Å². The van der Waals surface area contributed by atoms with Crippen LogP contribution >= 0.6 is 0 Å². The summed E-state index contributed by atoms with van der Waals surface area (Å²) in [6.07, 6.45) is 5.39. The minimum absolute atomic E-state index is 0.0406. The van der Waals surface area contributed by atoms with Gasteiger partial charge in [-0.25, -0.2) is 9.97 Å². The number of imidazole rings is 1. The first-order valence-corrected chi connectivity index (χ1v) is 6.99. The zero-order valence-electron chi connectivity index (χ0n) is 12.6. The van der Waals surface area contributed by atoms with Crippen LogP contribution in [0.5, 0.6) is 0 Å². The van der Waals surface area contributed by atoms with E-state index in [9.17, 15) is 4.79 Å². The molecule has 6 nitrogen and oxygen atoms in total. The predicted octanol–water partition coefficient (Wildman–Crippen LogP) is 1.05. The number of carbonyl (C=O) groups is 1. The fraction of sp³-hybridized carbons (Fsp3) is 0.400. The molecular weight excluding hydrogens is 266 g/mol. The van der Waals surface area contributed by atoms with Gasteiger partial charge in [0.05, 0.1) is 0 Å². The second-order valence-electron chi connectivity index (χ2n) is 5.05. The number of nitrogens with zero attached hydrogens (tertiary/aromatic N) is 3. The number of carbonyl (C=O) groups excluding carboxylic acids is 1. The molecule has 112 valence electrons. The van der Waals surface area contributed by atoms with Gasteiger partial charge in [-0.1, -0.05) is 13.0 Å². The van der Waals surface area contributed by atoms with E-state index < -0.39 is 0 Å². The zero-order valence-corrected chi connectivity index (χ0v) is 12.6. The Morgan fingerprint density at radius 3 is 2.76 bits per heavy atom. The number of aryl methyl sites for hydroxylation is 1. The highest BCUT2D eigenvalue weighted by atomic mass is 16.1. The van der Waals surface area contributed by atoms with Gasteiger partial charge in [0.25, 0.3) is 0 Å². The van der Waals surface area contributed by atoms with Crippen LogP contribution in [0.3, 0.4) is 0 Å². The molecule has 0 radical (unpaired) electrons. The van der Waals surface area contributed by atoms with Gasteiger partial charge in [-0.3, -0.25) is 9.36 Å². The van der Waals surface area contributed by atoms with Gasteiger partial charge in [0.2, 0.25) is 5.91 Å². The van der Waals surface area contributed by atoms with Crippen molar-refractivity contribution in [2.45, 2.75) is 20.4 Å². The molecular formula is C15H21N5O. The van der Waals surface area contributed by atoms with Crippen LogP contribution in [-0.4, -0.2) is 34.0 Å². The Labute approximate surface area is 124 Å². The summed E-state index contributed by atoms with van der Waals surface area (Å²) in [4.78, 5) is 20.4. The monoisotopic (exact) mass is 287 g/mol. The molecule has 0 saturated carbocycles. The molecule has 1 atom stereocenters. The fourth-order valence-electron chi connectivity index (χ4n) is 2.05. The third-order valence-corrected chi connectivity index (χ3v) is 3.31. The van der Waals surface area contributed by atoms with Crippen LogP contribution in [-0.2, 0) is 11.3 Å². The Kier molecular flexibility index (Phi) is 5.05. The van der Waals surface area contributed by atoms with Crippen molar-refractivity contribution in [2.24, 2.45) is 5.92 Å². The molecule has 1 unspecified atom stereocenters.